The van der Waals surface area contributed by atoms with Crippen LogP contribution in [0.15, 0.2) is 24.3 Å². The third kappa shape index (κ3) is 3.95. The van der Waals surface area contributed by atoms with Crippen LogP contribution >= 0.6 is 0 Å². The number of non-ortho nitro benzene ring substituents is 1. The molecule has 0 aliphatic heterocycles. The van der Waals surface area contributed by atoms with E-state index in [-0.39, 0.29) is 63.6 Å². The molecule has 10 nitrogen and oxygen atoms in total. The largest absolute Gasteiger partial charge is 1.00 e. The average molecular weight is 330 g/mol. The van der Waals surface area contributed by atoms with Gasteiger partial charge in [-0.1, -0.05) is 17.3 Å². The van der Waals surface area contributed by atoms with Crippen molar-refractivity contribution in [3.63, 3.8) is 0 Å². The number of carbonyl (C=O) groups excluding carboxylic acids is 1. The Kier molecular flexibility index (Phi) is 6.31. The van der Waals surface area contributed by atoms with Crippen LogP contribution in [0.1, 0.15) is 26.5 Å². The first-order valence-corrected chi connectivity index (χ1v) is 5.51. The number of nitro groups is 1. The zero-order valence-corrected chi connectivity index (χ0v) is 14.4. The van der Waals surface area contributed by atoms with Gasteiger partial charge in [-0.05, 0) is 5.56 Å². The Morgan fingerprint density at radius 2 is 1.86 bits per heavy atom. The van der Waals surface area contributed by atoms with E-state index in [1.165, 1.54) is 24.3 Å². The molecule has 2 rings (SSSR count). The van der Waals surface area contributed by atoms with Crippen LogP contribution in [0, 0.1) is 10.1 Å². The third-order valence-electron chi connectivity index (χ3n) is 2.61. The fourth-order valence-electron chi connectivity index (χ4n) is 1.67. The van der Waals surface area contributed by atoms with E-state index in [9.17, 15) is 24.8 Å². The molecule has 1 aromatic carbocycles. The van der Waals surface area contributed by atoms with Crippen LogP contribution in [0.2, 0.25) is 0 Å². The molecule has 0 aliphatic carbocycles. The quantitative estimate of drug-likeness (QED) is 0.334. The minimum Gasteiger partial charge on any atom is -0.543 e. The smallest absolute Gasteiger partial charge is 0.543 e. The number of carboxylic acids is 2. The summed E-state index contributed by atoms with van der Waals surface area (Å²) in [6.07, 6.45) is 0. The van der Waals surface area contributed by atoms with Crippen molar-refractivity contribution >= 4 is 17.6 Å². The van der Waals surface area contributed by atoms with E-state index in [4.69, 9.17) is 5.11 Å². The number of aromatic carboxylic acids is 2. The molecule has 0 saturated heterocycles. The van der Waals surface area contributed by atoms with Gasteiger partial charge in [-0.25, -0.2) is 9.48 Å². The maximum atomic E-state index is 11.1. The summed E-state index contributed by atoms with van der Waals surface area (Å²) in [7, 11) is 0. The fraction of sp³-hybridized carbons (Fsp3) is 0.0909. The van der Waals surface area contributed by atoms with Crippen LogP contribution in [-0.4, -0.2) is 37.0 Å². The van der Waals surface area contributed by atoms with E-state index in [0.717, 1.165) is 4.68 Å². The maximum absolute atomic E-state index is 11.1. The molecule has 0 saturated carbocycles. The first-order chi connectivity index (χ1) is 9.90. The fourth-order valence-corrected chi connectivity index (χ4v) is 1.67. The van der Waals surface area contributed by atoms with Crippen molar-refractivity contribution in [2.75, 3.05) is 0 Å². The Morgan fingerprint density at radius 3 is 2.32 bits per heavy atom. The summed E-state index contributed by atoms with van der Waals surface area (Å²) in [4.78, 5) is 31.8. The van der Waals surface area contributed by atoms with Crippen molar-refractivity contribution in [3.8, 4) is 0 Å². The number of carbonyl (C=O) groups is 2. The van der Waals surface area contributed by atoms with E-state index < -0.39 is 28.2 Å². The van der Waals surface area contributed by atoms with Crippen LogP contribution in [0.3, 0.4) is 0 Å². The summed E-state index contributed by atoms with van der Waals surface area (Å²) in [5.74, 6) is -3.26. The van der Waals surface area contributed by atoms with Crippen molar-refractivity contribution in [2.24, 2.45) is 0 Å². The standard InChI is InChI=1S/C11H8N4O6.K/c16-10(17)8-9(11(18)19)14(13-12-8)5-6-1-3-7(4-2-6)15(20)21;/h1-4H,5H2,(H,16,17)(H,18,19);/q;+1/p-1. The van der Waals surface area contributed by atoms with Gasteiger partial charge >= 0.3 is 57.4 Å². The van der Waals surface area contributed by atoms with Crippen LogP contribution in [0.25, 0.3) is 0 Å². The number of benzene rings is 1. The second-order valence-electron chi connectivity index (χ2n) is 3.96. The van der Waals surface area contributed by atoms with Gasteiger partial charge in [0.05, 0.1) is 17.4 Å². The molecule has 0 radical (unpaired) electrons. The van der Waals surface area contributed by atoms with E-state index in [2.05, 4.69) is 10.3 Å². The van der Waals surface area contributed by atoms with Crippen LogP contribution in [0.5, 0.6) is 0 Å². The average Bonchev–Trinajstić information content (AvgIpc) is 2.83. The topological polar surface area (TPSA) is 151 Å². The summed E-state index contributed by atoms with van der Waals surface area (Å²) < 4.78 is 0.870. The van der Waals surface area contributed by atoms with Crippen LogP contribution in [0.4, 0.5) is 5.69 Å². The number of carboxylic acid groups (broad SMARTS) is 2. The number of hydrogen-bond acceptors (Lipinski definition) is 7. The second-order valence-corrected chi connectivity index (χ2v) is 3.96. The Labute approximate surface area is 165 Å². The predicted molar refractivity (Wildman–Crippen MR) is 63.5 cm³/mol. The predicted octanol–water partition coefficient (Wildman–Crippen LogP) is -3.70. The molecule has 0 unspecified atom stereocenters. The van der Waals surface area contributed by atoms with E-state index in [0.29, 0.717) is 5.56 Å². The van der Waals surface area contributed by atoms with Crippen molar-refractivity contribution in [2.45, 2.75) is 6.54 Å². The molecule has 0 fully saturated rings. The van der Waals surface area contributed by atoms with Gasteiger partial charge in [0, 0.05) is 12.1 Å². The Balaban J connectivity index is 0.00000242. The monoisotopic (exact) mass is 330 g/mol. The van der Waals surface area contributed by atoms with Crippen molar-refractivity contribution in [1.82, 2.24) is 15.0 Å². The molecule has 0 spiro atoms. The van der Waals surface area contributed by atoms with E-state index in [1.54, 1.807) is 0 Å². The minimum absolute atomic E-state index is 0. The van der Waals surface area contributed by atoms with Gasteiger partial charge in [0.15, 0.2) is 5.69 Å². The third-order valence-corrected chi connectivity index (χ3v) is 2.61. The van der Waals surface area contributed by atoms with Gasteiger partial charge in [-0.15, -0.1) is 5.10 Å². The number of nitro benzene ring substituents is 1. The molecule has 1 heterocycles. The number of rotatable bonds is 5. The van der Waals surface area contributed by atoms with Gasteiger partial charge in [0.25, 0.3) is 5.69 Å². The summed E-state index contributed by atoms with van der Waals surface area (Å²) in [5.41, 5.74) is -1.01. The molecule has 0 aliphatic rings. The molecule has 11 heteroatoms. The Hall–Kier alpha value is -1.66. The molecule has 0 atom stereocenters. The Bertz CT molecular complexity index is 727. The molecule has 1 aromatic heterocycles. The zero-order chi connectivity index (χ0) is 15.6. The molecule has 2 aromatic rings. The molecular weight excluding hydrogens is 323 g/mol. The summed E-state index contributed by atoms with van der Waals surface area (Å²) >= 11 is 0. The first kappa shape index (κ1) is 18.4. The van der Waals surface area contributed by atoms with Gasteiger partial charge in [0.2, 0.25) is 0 Å². The normalized spacial score (nSPS) is 9.82. The zero-order valence-electron chi connectivity index (χ0n) is 11.3. The number of aromatic nitrogens is 3. The molecule has 22 heavy (non-hydrogen) atoms. The van der Waals surface area contributed by atoms with Crippen LogP contribution in [-0.2, 0) is 6.54 Å². The van der Waals surface area contributed by atoms with Gasteiger partial charge in [-0.3, -0.25) is 10.1 Å². The van der Waals surface area contributed by atoms with Gasteiger partial charge < -0.3 is 15.0 Å². The molecule has 0 amide bonds. The molecule has 1 N–H and O–H groups in total. The van der Waals surface area contributed by atoms with E-state index >= 15 is 0 Å². The SMILES string of the molecule is O=C([O-])c1nnn(Cc2ccc([N+](=O)[O-])cc2)c1C(=O)O.[K+]. The van der Waals surface area contributed by atoms with E-state index in [1.807, 2.05) is 0 Å². The molecule has 0 bridgehead atoms. The summed E-state index contributed by atoms with van der Waals surface area (Å²) in [6, 6.07) is 5.30. The van der Waals surface area contributed by atoms with Crippen LogP contribution < -0.4 is 56.5 Å². The molecule has 108 valence electrons. The summed E-state index contributed by atoms with van der Waals surface area (Å²) in [6.45, 7) is -0.0973. The molecular formula is C11H7KN4O6. The van der Waals surface area contributed by atoms with Crippen molar-refractivity contribution < 1.29 is 76.1 Å². The number of hydrogen-bond donors (Lipinski definition) is 1. The maximum Gasteiger partial charge on any atom is 1.00 e. The summed E-state index contributed by atoms with van der Waals surface area (Å²) in [5, 5.41) is 36.9. The van der Waals surface area contributed by atoms with Crippen molar-refractivity contribution in [3.05, 3.63) is 51.3 Å². The minimum atomic E-state index is -1.75. The first-order valence-electron chi connectivity index (χ1n) is 5.51. The van der Waals surface area contributed by atoms with Crippen molar-refractivity contribution in [1.29, 1.82) is 0 Å². The Morgan fingerprint density at radius 1 is 1.27 bits per heavy atom. The van der Waals surface area contributed by atoms with Gasteiger partial charge in [0.1, 0.15) is 5.69 Å². The van der Waals surface area contributed by atoms with Gasteiger partial charge in [-0.2, -0.15) is 0 Å². The second kappa shape index (κ2) is 7.55. The number of nitrogens with zero attached hydrogens (tertiary/aromatic N) is 4.